The second kappa shape index (κ2) is 19.5. The Morgan fingerprint density at radius 3 is 2.08 bits per heavy atom. The van der Waals surface area contributed by atoms with E-state index in [4.69, 9.17) is 9.47 Å². The minimum Gasteiger partial charge on any atom is -0.458 e. The third-order valence-corrected chi connectivity index (χ3v) is 7.99. The first kappa shape index (κ1) is 40.6. The van der Waals surface area contributed by atoms with E-state index in [-0.39, 0.29) is 18.9 Å². The Morgan fingerprint density at radius 1 is 0.833 bits per heavy atom. The summed E-state index contributed by atoms with van der Waals surface area (Å²) in [6.45, 7) is 15.0. The van der Waals surface area contributed by atoms with Gasteiger partial charge in [-0.1, -0.05) is 86.3 Å². The van der Waals surface area contributed by atoms with Crippen molar-refractivity contribution in [2.24, 2.45) is 0 Å². The fourth-order valence-corrected chi connectivity index (χ4v) is 5.67. The number of nitrogens with one attached hydrogen (secondary N) is 2. The molecule has 0 fully saturated rings. The maximum Gasteiger partial charge on any atom is 0.408 e. The van der Waals surface area contributed by atoms with Crippen LogP contribution in [0, 0.1) is 6.92 Å². The largest absolute Gasteiger partial charge is 0.458 e. The monoisotopic (exact) mass is 683 g/mol. The number of hydrogen-bond donors (Lipinski definition) is 2. The van der Waals surface area contributed by atoms with Crippen molar-refractivity contribution in [1.29, 1.82) is 0 Å². The molecule has 0 aromatic heterocycles. The molecule has 0 saturated carbocycles. The highest BCUT2D eigenvalue weighted by Crippen LogP contribution is 2.26. The average molecular weight is 684 g/mol. The molecule has 2 rings (SSSR count). The summed E-state index contributed by atoms with van der Waals surface area (Å²) in [5, 5.41) is 5.77. The molecule has 2 N–H and O–H groups in total. The van der Waals surface area contributed by atoms with Gasteiger partial charge < -0.3 is 25.0 Å². The number of nitrogens with zero attached hydrogens (tertiary/aromatic N) is 1. The Bertz CT molecular complexity index is 1320. The van der Waals surface area contributed by atoms with Crippen molar-refractivity contribution >= 4 is 35.6 Å². The van der Waals surface area contributed by atoms with Crippen molar-refractivity contribution in [1.82, 2.24) is 15.5 Å². The third kappa shape index (κ3) is 14.7. The van der Waals surface area contributed by atoms with Crippen LogP contribution < -0.4 is 10.6 Å². The van der Waals surface area contributed by atoms with E-state index in [1.807, 2.05) is 67.8 Å². The zero-order chi connectivity index (χ0) is 35.9. The van der Waals surface area contributed by atoms with E-state index < -0.39 is 47.3 Å². The fourth-order valence-electron chi connectivity index (χ4n) is 5.20. The molecule has 0 aliphatic rings. The number of esters is 1. The van der Waals surface area contributed by atoms with Crippen LogP contribution in [0.2, 0.25) is 0 Å². The lowest BCUT2D eigenvalue weighted by atomic mass is 9.98. The summed E-state index contributed by atoms with van der Waals surface area (Å²) < 4.78 is 11.3. The molecule has 0 heterocycles. The molecule has 266 valence electrons. The number of carbonyl (C=O) groups excluding carboxylic acids is 4. The molecule has 0 aliphatic carbocycles. The van der Waals surface area contributed by atoms with Crippen LogP contribution in [-0.4, -0.2) is 70.6 Å². The van der Waals surface area contributed by atoms with E-state index in [2.05, 4.69) is 17.6 Å². The molecule has 9 nitrogen and oxygen atoms in total. The first-order valence-corrected chi connectivity index (χ1v) is 18.4. The van der Waals surface area contributed by atoms with E-state index in [9.17, 15) is 19.2 Å². The zero-order valence-corrected chi connectivity index (χ0v) is 31.2. The van der Waals surface area contributed by atoms with Crippen molar-refractivity contribution in [3.63, 3.8) is 0 Å². The minimum atomic E-state index is -1.07. The van der Waals surface area contributed by atoms with E-state index in [0.29, 0.717) is 24.2 Å². The molecule has 3 atom stereocenters. The highest BCUT2D eigenvalue weighted by molar-refractivity contribution is 7.98. The lowest BCUT2D eigenvalue weighted by Gasteiger charge is -2.35. The van der Waals surface area contributed by atoms with Crippen LogP contribution in [0.4, 0.5) is 4.79 Å². The van der Waals surface area contributed by atoms with E-state index in [1.54, 1.807) is 58.2 Å². The number of ether oxygens (including phenoxy) is 2. The molecule has 3 unspecified atom stereocenters. The summed E-state index contributed by atoms with van der Waals surface area (Å²) >= 11 is 1.56. The van der Waals surface area contributed by atoms with Crippen LogP contribution in [0.25, 0.3) is 0 Å². The molecule has 0 bridgehead atoms. The second-order valence-electron chi connectivity index (χ2n) is 14.2. The molecular formula is C38H57N3O6S. The first-order valence-electron chi connectivity index (χ1n) is 17.0. The standard InChI is InChI=1S/C38H57N3O6S/c1-10-11-12-16-23-41(34(43)30(22-24-48-9)40-36(45)47-38(6,7)8)32(29-21-17-18-27(2)25-29)33(42)39-31(35(44)46-37(3,4)5)26-28-19-14-13-15-20-28/h13-15,17-21,25,30-32H,10-12,16,22-24,26H2,1-9H3,(H,39,42)(H,40,45). The third-order valence-electron chi connectivity index (χ3n) is 7.34. The van der Waals surface area contributed by atoms with Gasteiger partial charge in [-0.3, -0.25) is 9.59 Å². The molecule has 2 aromatic rings. The minimum absolute atomic E-state index is 0.211. The molecule has 0 aliphatic heterocycles. The fraction of sp³-hybridized carbons (Fsp3) is 0.579. The van der Waals surface area contributed by atoms with Gasteiger partial charge in [0.05, 0.1) is 0 Å². The van der Waals surface area contributed by atoms with Crippen molar-refractivity contribution in [2.45, 2.75) is 123 Å². The van der Waals surface area contributed by atoms with E-state index >= 15 is 0 Å². The number of rotatable bonds is 17. The maximum absolute atomic E-state index is 14.6. The van der Waals surface area contributed by atoms with Gasteiger partial charge in [0, 0.05) is 13.0 Å². The van der Waals surface area contributed by atoms with Crippen molar-refractivity contribution in [3.05, 3.63) is 71.3 Å². The summed E-state index contributed by atoms with van der Waals surface area (Å²) in [7, 11) is 0. The second-order valence-corrected chi connectivity index (χ2v) is 15.2. The van der Waals surface area contributed by atoms with Crippen LogP contribution in [0.1, 0.15) is 103 Å². The van der Waals surface area contributed by atoms with Gasteiger partial charge in [0.25, 0.3) is 0 Å². The Morgan fingerprint density at radius 2 is 1.50 bits per heavy atom. The summed E-state index contributed by atoms with van der Waals surface area (Å²) in [6, 6.07) is 13.9. The molecule has 3 amide bonds. The number of amides is 3. The number of carbonyl (C=O) groups is 4. The van der Waals surface area contributed by atoms with Crippen molar-refractivity contribution < 1.29 is 28.7 Å². The Kier molecular flexibility index (Phi) is 16.5. The van der Waals surface area contributed by atoms with Crippen molar-refractivity contribution in [2.75, 3.05) is 18.6 Å². The first-order chi connectivity index (χ1) is 22.5. The summed E-state index contributed by atoms with van der Waals surface area (Å²) in [6.07, 6.45) is 5.31. The predicted octanol–water partition coefficient (Wildman–Crippen LogP) is 7.16. The quantitative estimate of drug-likeness (QED) is 0.134. The molecule has 10 heteroatoms. The van der Waals surface area contributed by atoms with Crippen LogP contribution in [0.15, 0.2) is 54.6 Å². The molecule has 0 spiro atoms. The van der Waals surface area contributed by atoms with E-state index in [0.717, 1.165) is 30.4 Å². The maximum atomic E-state index is 14.6. The van der Waals surface area contributed by atoms with Gasteiger partial charge >= 0.3 is 12.1 Å². The number of benzene rings is 2. The normalized spacial score (nSPS) is 13.5. The number of thioether (sulfide) groups is 1. The van der Waals surface area contributed by atoms with Crippen LogP contribution >= 0.6 is 11.8 Å². The SMILES string of the molecule is CCCCCCN(C(=O)C(CCSC)NC(=O)OC(C)(C)C)C(C(=O)NC(Cc1ccccc1)C(=O)OC(C)(C)C)c1cccc(C)c1. The predicted molar refractivity (Wildman–Crippen MR) is 194 cm³/mol. The smallest absolute Gasteiger partial charge is 0.408 e. The van der Waals surface area contributed by atoms with Gasteiger partial charge in [0.15, 0.2) is 0 Å². The summed E-state index contributed by atoms with van der Waals surface area (Å²) in [5.74, 6) is -0.843. The number of unbranched alkanes of at least 4 members (excludes halogenated alkanes) is 3. The highest BCUT2D eigenvalue weighted by atomic mass is 32.2. The summed E-state index contributed by atoms with van der Waals surface area (Å²) in [4.78, 5) is 57.2. The Hall–Kier alpha value is -3.53. The van der Waals surface area contributed by atoms with Crippen LogP contribution in [-0.2, 0) is 30.3 Å². The van der Waals surface area contributed by atoms with Crippen molar-refractivity contribution in [3.8, 4) is 0 Å². The molecule has 0 saturated heterocycles. The molecule has 48 heavy (non-hydrogen) atoms. The highest BCUT2D eigenvalue weighted by Gasteiger charge is 2.38. The van der Waals surface area contributed by atoms with E-state index in [1.165, 1.54) is 0 Å². The zero-order valence-electron chi connectivity index (χ0n) is 30.4. The molecular weight excluding hydrogens is 627 g/mol. The number of aryl methyl sites for hydroxylation is 1. The summed E-state index contributed by atoms with van der Waals surface area (Å²) in [5.41, 5.74) is 0.858. The van der Waals surface area contributed by atoms with Gasteiger partial charge in [0.1, 0.15) is 29.3 Å². The average Bonchev–Trinajstić information content (AvgIpc) is 2.98. The number of alkyl carbamates (subject to hydrolysis) is 1. The Balaban J connectivity index is 2.62. The number of hydrogen-bond acceptors (Lipinski definition) is 7. The van der Waals surface area contributed by atoms with Gasteiger partial charge in [-0.15, -0.1) is 0 Å². The lowest BCUT2D eigenvalue weighted by Crippen LogP contribution is -2.55. The van der Waals surface area contributed by atoms with Crippen LogP contribution in [0.5, 0.6) is 0 Å². The van der Waals surface area contributed by atoms with Crippen LogP contribution in [0.3, 0.4) is 0 Å². The van der Waals surface area contributed by atoms with Gasteiger partial charge in [-0.25, -0.2) is 9.59 Å². The topological polar surface area (TPSA) is 114 Å². The Labute approximate surface area is 292 Å². The molecule has 0 radical (unpaired) electrons. The lowest BCUT2D eigenvalue weighted by molar-refractivity contribution is -0.159. The van der Waals surface area contributed by atoms with Gasteiger partial charge in [-0.2, -0.15) is 11.8 Å². The van der Waals surface area contributed by atoms with Gasteiger partial charge in [-0.05, 0) is 84.4 Å². The van der Waals surface area contributed by atoms with Gasteiger partial charge in [0.2, 0.25) is 11.8 Å². The molecule has 2 aromatic carbocycles.